The highest BCUT2D eigenvalue weighted by molar-refractivity contribution is 5.82. The van der Waals surface area contributed by atoms with E-state index < -0.39 is 0 Å². The van der Waals surface area contributed by atoms with E-state index in [9.17, 15) is 4.79 Å². The molecule has 0 aliphatic carbocycles. The van der Waals surface area contributed by atoms with Crippen LogP contribution in [-0.2, 0) is 14.3 Å². The number of nitrogens with one attached hydrogen (secondary N) is 2. The number of methoxy groups -OCH3 is 2. The lowest BCUT2D eigenvalue weighted by Gasteiger charge is -2.04. The second kappa shape index (κ2) is 10.6. The molecule has 0 aliphatic heterocycles. The third-order valence-corrected chi connectivity index (χ3v) is 1.61. The molecule has 0 aromatic rings. The van der Waals surface area contributed by atoms with E-state index in [4.69, 9.17) is 9.47 Å². The fourth-order valence-electron chi connectivity index (χ4n) is 0.867. The van der Waals surface area contributed by atoms with Gasteiger partial charge >= 0.3 is 0 Å². The first-order chi connectivity index (χ1) is 6.81. The summed E-state index contributed by atoms with van der Waals surface area (Å²) in [6.45, 7) is 3.46. The summed E-state index contributed by atoms with van der Waals surface area (Å²) in [6.07, 6.45) is 0. The van der Waals surface area contributed by atoms with Crippen LogP contribution >= 0.6 is 0 Å². The minimum absolute atomic E-state index is 0.150. The van der Waals surface area contributed by atoms with E-state index >= 15 is 0 Å². The Morgan fingerprint density at radius 2 is 1.43 bits per heavy atom. The number of hydrogen-bond acceptors (Lipinski definition) is 5. The lowest BCUT2D eigenvalue weighted by molar-refractivity contribution is -0.117. The molecule has 0 aromatic carbocycles. The van der Waals surface area contributed by atoms with Crippen LogP contribution in [0, 0.1) is 0 Å². The number of hydrogen-bond donors (Lipinski definition) is 2. The van der Waals surface area contributed by atoms with Gasteiger partial charge in [0.15, 0.2) is 5.78 Å². The maximum atomic E-state index is 11.2. The van der Waals surface area contributed by atoms with Gasteiger partial charge in [-0.1, -0.05) is 0 Å². The van der Waals surface area contributed by atoms with Crippen molar-refractivity contribution in [2.75, 3.05) is 53.6 Å². The van der Waals surface area contributed by atoms with Gasteiger partial charge in [-0.15, -0.1) is 0 Å². The van der Waals surface area contributed by atoms with E-state index in [-0.39, 0.29) is 5.78 Å². The van der Waals surface area contributed by atoms with Gasteiger partial charge in [0.1, 0.15) is 0 Å². The summed E-state index contributed by atoms with van der Waals surface area (Å²) in [5, 5.41) is 5.96. The summed E-state index contributed by atoms with van der Waals surface area (Å²) >= 11 is 0. The van der Waals surface area contributed by atoms with Crippen LogP contribution in [0.3, 0.4) is 0 Å². The predicted molar refractivity (Wildman–Crippen MR) is 54.5 cm³/mol. The van der Waals surface area contributed by atoms with E-state index in [1.165, 1.54) is 0 Å². The summed E-state index contributed by atoms with van der Waals surface area (Å²) in [5.41, 5.74) is 0. The maximum Gasteiger partial charge on any atom is 0.160 e. The molecule has 14 heavy (non-hydrogen) atoms. The Morgan fingerprint density at radius 1 is 1.00 bits per heavy atom. The van der Waals surface area contributed by atoms with Crippen molar-refractivity contribution in [2.45, 2.75) is 0 Å². The highest BCUT2D eigenvalue weighted by Gasteiger charge is 1.99. The van der Waals surface area contributed by atoms with Gasteiger partial charge in [0.25, 0.3) is 0 Å². The third-order valence-electron chi connectivity index (χ3n) is 1.61. The van der Waals surface area contributed by atoms with Crippen molar-refractivity contribution in [3.63, 3.8) is 0 Å². The summed E-state index contributed by atoms with van der Waals surface area (Å²) in [5.74, 6) is 0.150. The monoisotopic (exact) mass is 204 g/mol. The van der Waals surface area contributed by atoms with Crippen molar-refractivity contribution >= 4 is 5.78 Å². The molecule has 5 nitrogen and oxygen atoms in total. The molecule has 0 rings (SSSR count). The van der Waals surface area contributed by atoms with E-state index in [0.29, 0.717) is 39.4 Å². The van der Waals surface area contributed by atoms with Gasteiger partial charge in [0, 0.05) is 27.3 Å². The molecular formula is C9H20N2O3. The van der Waals surface area contributed by atoms with Crippen LogP contribution in [-0.4, -0.2) is 59.4 Å². The van der Waals surface area contributed by atoms with Gasteiger partial charge in [-0.05, 0) is 0 Å². The fraction of sp³-hybridized carbons (Fsp3) is 0.889. The molecule has 0 aromatic heterocycles. The molecule has 2 N–H and O–H groups in total. The number of ether oxygens (including phenoxy) is 2. The Balaban J connectivity index is 3.11. The molecule has 0 bridgehead atoms. The Hall–Kier alpha value is -0.490. The van der Waals surface area contributed by atoms with Crippen molar-refractivity contribution in [1.29, 1.82) is 0 Å². The molecule has 0 fully saturated rings. The largest absolute Gasteiger partial charge is 0.383 e. The van der Waals surface area contributed by atoms with Crippen molar-refractivity contribution in [3.8, 4) is 0 Å². The van der Waals surface area contributed by atoms with Crippen molar-refractivity contribution < 1.29 is 14.3 Å². The van der Waals surface area contributed by atoms with Gasteiger partial charge in [-0.25, -0.2) is 0 Å². The summed E-state index contributed by atoms with van der Waals surface area (Å²) in [7, 11) is 3.27. The van der Waals surface area contributed by atoms with Crippen molar-refractivity contribution in [2.24, 2.45) is 0 Å². The molecule has 5 heteroatoms. The number of rotatable bonds is 10. The second-order valence-electron chi connectivity index (χ2n) is 2.88. The molecule has 0 atom stereocenters. The second-order valence-corrected chi connectivity index (χ2v) is 2.88. The summed E-state index contributed by atoms with van der Waals surface area (Å²) in [4.78, 5) is 11.2. The van der Waals surface area contributed by atoms with Gasteiger partial charge in [-0.3, -0.25) is 4.79 Å². The SMILES string of the molecule is COCCNCC(=O)CNCCOC. The van der Waals surface area contributed by atoms with Crippen LogP contribution in [0.4, 0.5) is 0 Å². The molecule has 0 amide bonds. The maximum absolute atomic E-state index is 11.2. The average molecular weight is 204 g/mol. The first kappa shape index (κ1) is 13.5. The minimum atomic E-state index is 0.150. The van der Waals surface area contributed by atoms with E-state index in [1.807, 2.05) is 0 Å². The zero-order chi connectivity index (χ0) is 10.6. The third kappa shape index (κ3) is 9.60. The van der Waals surface area contributed by atoms with Crippen LogP contribution in [0.25, 0.3) is 0 Å². The normalized spacial score (nSPS) is 10.4. The lowest BCUT2D eigenvalue weighted by atomic mass is 10.4. The van der Waals surface area contributed by atoms with Gasteiger partial charge in [0.2, 0.25) is 0 Å². The molecule has 0 aliphatic rings. The predicted octanol–water partition coefficient (Wildman–Crippen LogP) is -0.972. The highest BCUT2D eigenvalue weighted by Crippen LogP contribution is 1.70. The Kier molecular flexibility index (Phi) is 10.2. The molecule has 84 valence electrons. The average Bonchev–Trinajstić information content (AvgIpc) is 2.19. The lowest BCUT2D eigenvalue weighted by Crippen LogP contribution is -2.34. The number of carbonyl (C=O) groups is 1. The molecule has 0 saturated heterocycles. The zero-order valence-corrected chi connectivity index (χ0v) is 8.97. The highest BCUT2D eigenvalue weighted by atomic mass is 16.5. The minimum Gasteiger partial charge on any atom is -0.383 e. The Morgan fingerprint density at radius 3 is 1.79 bits per heavy atom. The first-order valence-electron chi connectivity index (χ1n) is 4.72. The topological polar surface area (TPSA) is 59.6 Å². The molecular weight excluding hydrogens is 184 g/mol. The first-order valence-corrected chi connectivity index (χ1v) is 4.72. The summed E-state index contributed by atoms with van der Waals surface area (Å²) < 4.78 is 9.66. The van der Waals surface area contributed by atoms with E-state index in [1.54, 1.807) is 14.2 Å². The molecule has 0 unspecified atom stereocenters. The number of Topliss-reactive ketones (excluding diaryl/α,β-unsaturated/α-hetero) is 1. The van der Waals surface area contributed by atoms with Crippen LogP contribution in [0.5, 0.6) is 0 Å². The quantitative estimate of drug-likeness (QED) is 0.448. The Labute approximate surface area is 85.1 Å². The summed E-state index contributed by atoms with van der Waals surface area (Å²) in [6, 6.07) is 0. The van der Waals surface area contributed by atoms with Gasteiger partial charge < -0.3 is 20.1 Å². The number of carbonyl (C=O) groups excluding carboxylic acids is 1. The fourth-order valence-corrected chi connectivity index (χ4v) is 0.867. The molecule has 0 radical (unpaired) electrons. The van der Waals surface area contributed by atoms with E-state index in [2.05, 4.69) is 10.6 Å². The van der Waals surface area contributed by atoms with Crippen LogP contribution < -0.4 is 10.6 Å². The van der Waals surface area contributed by atoms with Crippen LogP contribution in [0.1, 0.15) is 0 Å². The number of ketones is 1. The van der Waals surface area contributed by atoms with Gasteiger partial charge in [0.05, 0.1) is 26.3 Å². The Bertz CT molecular complexity index is 128. The van der Waals surface area contributed by atoms with Crippen LogP contribution in [0.2, 0.25) is 0 Å². The van der Waals surface area contributed by atoms with E-state index in [0.717, 1.165) is 0 Å². The van der Waals surface area contributed by atoms with Crippen molar-refractivity contribution in [3.05, 3.63) is 0 Å². The molecule has 0 spiro atoms. The van der Waals surface area contributed by atoms with Gasteiger partial charge in [-0.2, -0.15) is 0 Å². The van der Waals surface area contributed by atoms with Crippen LogP contribution in [0.15, 0.2) is 0 Å². The van der Waals surface area contributed by atoms with Crippen molar-refractivity contribution in [1.82, 2.24) is 10.6 Å². The molecule has 0 saturated carbocycles. The smallest absolute Gasteiger partial charge is 0.160 e. The standard InChI is InChI=1S/C9H20N2O3/c1-13-5-3-10-7-9(12)8-11-4-6-14-2/h10-11H,3-8H2,1-2H3. The molecule has 0 heterocycles. The zero-order valence-electron chi connectivity index (χ0n) is 8.97.